The first kappa shape index (κ1) is 14.7. The molecule has 0 saturated heterocycles. The third-order valence-corrected chi connectivity index (χ3v) is 3.58. The van der Waals surface area contributed by atoms with Gasteiger partial charge in [-0.15, -0.1) is 0 Å². The van der Waals surface area contributed by atoms with Crippen molar-refractivity contribution < 1.29 is 14.7 Å². The molecule has 0 aliphatic carbocycles. The van der Waals surface area contributed by atoms with Gasteiger partial charge in [0.2, 0.25) is 6.41 Å². The van der Waals surface area contributed by atoms with Gasteiger partial charge in [-0.3, -0.25) is 9.59 Å². The predicted octanol–water partition coefficient (Wildman–Crippen LogP) is 2.28. The maximum atomic E-state index is 10.5. The van der Waals surface area contributed by atoms with Crippen LogP contribution in [0.25, 0.3) is 0 Å². The van der Waals surface area contributed by atoms with Gasteiger partial charge in [-0.2, -0.15) is 0 Å². The molecule has 0 aliphatic rings. The molecule has 0 saturated carbocycles. The summed E-state index contributed by atoms with van der Waals surface area (Å²) >= 11 is 3.45. The van der Waals surface area contributed by atoms with Crippen molar-refractivity contribution in [3.63, 3.8) is 0 Å². The third kappa shape index (κ3) is 4.87. The second kappa shape index (κ2) is 7.16. The number of benzene rings is 1. The van der Waals surface area contributed by atoms with Gasteiger partial charge < -0.3 is 10.4 Å². The van der Waals surface area contributed by atoms with Gasteiger partial charge in [0.25, 0.3) is 0 Å². The highest BCUT2D eigenvalue weighted by Gasteiger charge is 2.11. The number of halogens is 1. The van der Waals surface area contributed by atoms with E-state index < -0.39 is 5.97 Å². The van der Waals surface area contributed by atoms with Crippen molar-refractivity contribution in [3.05, 3.63) is 33.8 Å². The monoisotopic (exact) mass is 313 g/mol. The van der Waals surface area contributed by atoms with Crippen LogP contribution < -0.4 is 5.32 Å². The zero-order valence-corrected chi connectivity index (χ0v) is 11.7. The molecule has 18 heavy (non-hydrogen) atoms. The number of amides is 1. The Labute approximate surface area is 115 Å². The van der Waals surface area contributed by atoms with E-state index in [1.54, 1.807) is 0 Å². The smallest absolute Gasteiger partial charge is 0.303 e. The summed E-state index contributed by atoms with van der Waals surface area (Å²) in [6.45, 7) is 2.00. The van der Waals surface area contributed by atoms with E-state index in [9.17, 15) is 9.59 Å². The van der Waals surface area contributed by atoms with Crippen molar-refractivity contribution in [3.8, 4) is 0 Å². The lowest BCUT2D eigenvalue weighted by Gasteiger charge is -2.15. The van der Waals surface area contributed by atoms with E-state index in [2.05, 4.69) is 21.2 Å². The second-order valence-corrected chi connectivity index (χ2v) is 5.06. The first-order chi connectivity index (χ1) is 8.52. The van der Waals surface area contributed by atoms with Gasteiger partial charge in [0.1, 0.15) is 0 Å². The lowest BCUT2D eigenvalue weighted by Crippen LogP contribution is -2.30. The van der Waals surface area contributed by atoms with Crippen LogP contribution >= 0.6 is 15.9 Å². The van der Waals surface area contributed by atoms with Crippen LogP contribution in [-0.2, 0) is 16.0 Å². The summed E-state index contributed by atoms with van der Waals surface area (Å²) in [7, 11) is 0. The van der Waals surface area contributed by atoms with Gasteiger partial charge in [0.15, 0.2) is 0 Å². The van der Waals surface area contributed by atoms with Crippen molar-refractivity contribution in [2.45, 2.75) is 32.2 Å². The summed E-state index contributed by atoms with van der Waals surface area (Å²) in [6, 6.07) is 5.83. The maximum absolute atomic E-state index is 10.5. The number of carboxylic acids is 1. The van der Waals surface area contributed by atoms with Crippen LogP contribution in [0.2, 0.25) is 0 Å². The van der Waals surface area contributed by atoms with E-state index in [0.717, 1.165) is 15.6 Å². The van der Waals surface area contributed by atoms with Gasteiger partial charge in [-0.05, 0) is 37.0 Å². The van der Waals surface area contributed by atoms with E-state index in [1.165, 1.54) is 0 Å². The van der Waals surface area contributed by atoms with Crippen LogP contribution in [0.4, 0.5) is 0 Å². The standard InChI is InChI=1S/C13H16BrNO3/c1-9-2-3-10(7-12(9)14)6-11(15-8-16)4-5-13(17)18/h2-3,7-8,11H,4-6H2,1H3,(H,15,16)(H,17,18). The first-order valence-electron chi connectivity index (χ1n) is 5.69. The molecule has 0 spiro atoms. The SMILES string of the molecule is Cc1ccc(CC(CCC(=O)O)NC=O)cc1Br. The molecule has 1 rings (SSSR count). The minimum Gasteiger partial charge on any atom is -0.481 e. The molecule has 0 bridgehead atoms. The summed E-state index contributed by atoms with van der Waals surface area (Å²) in [6.07, 6.45) is 1.73. The van der Waals surface area contributed by atoms with Crippen molar-refractivity contribution >= 4 is 28.3 Å². The highest BCUT2D eigenvalue weighted by molar-refractivity contribution is 9.10. The first-order valence-corrected chi connectivity index (χ1v) is 6.48. The molecule has 0 aliphatic heterocycles. The fraction of sp³-hybridized carbons (Fsp3) is 0.385. The Hall–Kier alpha value is -1.36. The quantitative estimate of drug-likeness (QED) is 0.759. The number of carbonyl (C=O) groups excluding carboxylic acids is 1. The Morgan fingerprint density at radius 1 is 1.56 bits per heavy atom. The van der Waals surface area contributed by atoms with Gasteiger partial charge >= 0.3 is 5.97 Å². The molecule has 1 aromatic rings. The molecular formula is C13H16BrNO3. The Morgan fingerprint density at radius 3 is 2.83 bits per heavy atom. The minimum absolute atomic E-state index is 0.0541. The lowest BCUT2D eigenvalue weighted by atomic mass is 10.0. The Balaban J connectivity index is 2.66. The van der Waals surface area contributed by atoms with Gasteiger partial charge in [-0.25, -0.2) is 0 Å². The van der Waals surface area contributed by atoms with Crippen LogP contribution in [0.5, 0.6) is 0 Å². The summed E-state index contributed by atoms with van der Waals surface area (Å²) in [5.74, 6) is -0.849. The predicted molar refractivity (Wildman–Crippen MR) is 72.4 cm³/mol. The minimum atomic E-state index is -0.849. The molecule has 0 radical (unpaired) electrons. The van der Waals surface area contributed by atoms with Crippen LogP contribution in [0, 0.1) is 6.92 Å². The number of carbonyl (C=O) groups is 2. The highest BCUT2D eigenvalue weighted by Crippen LogP contribution is 2.19. The number of carboxylic acid groups (broad SMARTS) is 1. The summed E-state index contributed by atoms with van der Waals surface area (Å²) in [4.78, 5) is 21.0. The normalized spacial score (nSPS) is 11.9. The van der Waals surface area contributed by atoms with E-state index in [4.69, 9.17) is 5.11 Å². The number of hydrogen-bond donors (Lipinski definition) is 2. The average Bonchev–Trinajstić information content (AvgIpc) is 2.31. The van der Waals surface area contributed by atoms with Crippen LogP contribution in [0.3, 0.4) is 0 Å². The summed E-state index contributed by atoms with van der Waals surface area (Å²) in [5, 5.41) is 11.3. The van der Waals surface area contributed by atoms with E-state index in [-0.39, 0.29) is 12.5 Å². The molecule has 1 aromatic carbocycles. The number of nitrogens with one attached hydrogen (secondary N) is 1. The van der Waals surface area contributed by atoms with Gasteiger partial charge in [0.05, 0.1) is 0 Å². The van der Waals surface area contributed by atoms with E-state index >= 15 is 0 Å². The number of hydrogen-bond acceptors (Lipinski definition) is 2. The van der Waals surface area contributed by atoms with Gasteiger partial charge in [0, 0.05) is 16.9 Å². The molecule has 1 atom stereocenters. The Morgan fingerprint density at radius 2 is 2.28 bits per heavy atom. The Bertz CT molecular complexity index is 434. The molecule has 0 fully saturated rings. The number of aliphatic carboxylic acids is 1. The maximum Gasteiger partial charge on any atom is 0.303 e. The fourth-order valence-electron chi connectivity index (χ4n) is 1.69. The molecule has 5 heteroatoms. The third-order valence-electron chi connectivity index (χ3n) is 2.73. The fourth-order valence-corrected chi connectivity index (χ4v) is 2.11. The largest absolute Gasteiger partial charge is 0.481 e. The molecule has 1 amide bonds. The zero-order chi connectivity index (χ0) is 13.5. The van der Waals surface area contributed by atoms with Crippen LogP contribution in [-0.4, -0.2) is 23.5 Å². The molecule has 98 valence electrons. The topological polar surface area (TPSA) is 66.4 Å². The molecular weight excluding hydrogens is 298 g/mol. The molecule has 2 N–H and O–H groups in total. The molecule has 4 nitrogen and oxygen atoms in total. The second-order valence-electron chi connectivity index (χ2n) is 4.20. The lowest BCUT2D eigenvalue weighted by molar-refractivity contribution is -0.137. The van der Waals surface area contributed by atoms with Gasteiger partial charge in [-0.1, -0.05) is 28.1 Å². The zero-order valence-electron chi connectivity index (χ0n) is 10.1. The molecule has 0 heterocycles. The summed E-state index contributed by atoms with van der Waals surface area (Å²) < 4.78 is 1.02. The van der Waals surface area contributed by atoms with Crippen molar-refractivity contribution in [1.29, 1.82) is 0 Å². The van der Waals surface area contributed by atoms with Crippen LogP contribution in [0.15, 0.2) is 22.7 Å². The van der Waals surface area contributed by atoms with Crippen LogP contribution in [0.1, 0.15) is 24.0 Å². The van der Waals surface area contributed by atoms with E-state index in [0.29, 0.717) is 19.3 Å². The van der Waals surface area contributed by atoms with Crippen molar-refractivity contribution in [2.75, 3.05) is 0 Å². The number of aryl methyl sites for hydroxylation is 1. The van der Waals surface area contributed by atoms with Crippen molar-refractivity contribution in [1.82, 2.24) is 5.32 Å². The average molecular weight is 314 g/mol. The highest BCUT2D eigenvalue weighted by atomic mass is 79.9. The molecule has 0 aromatic heterocycles. The van der Waals surface area contributed by atoms with E-state index in [1.807, 2.05) is 25.1 Å². The Kier molecular flexibility index (Phi) is 5.85. The summed E-state index contributed by atoms with van der Waals surface area (Å²) in [5.41, 5.74) is 2.21. The van der Waals surface area contributed by atoms with Crippen molar-refractivity contribution in [2.24, 2.45) is 0 Å². The molecule has 1 unspecified atom stereocenters. The number of rotatable bonds is 7.